The molecule has 0 spiro atoms. The first kappa shape index (κ1) is 21.4. The van der Waals surface area contributed by atoms with E-state index in [-0.39, 0.29) is 6.04 Å². The summed E-state index contributed by atoms with van der Waals surface area (Å²) in [5, 5.41) is 11.2. The number of benzene rings is 2. The van der Waals surface area contributed by atoms with E-state index in [9.17, 15) is 0 Å². The molecule has 0 fully saturated rings. The van der Waals surface area contributed by atoms with E-state index in [1.54, 1.807) is 6.20 Å². The van der Waals surface area contributed by atoms with Gasteiger partial charge in [-0.05, 0) is 43.2 Å². The van der Waals surface area contributed by atoms with Crippen molar-refractivity contribution < 1.29 is 0 Å². The lowest BCUT2D eigenvalue weighted by atomic mass is 10.1. The number of guanidine groups is 1. The predicted octanol–water partition coefficient (Wildman–Crippen LogP) is 3.93. The summed E-state index contributed by atoms with van der Waals surface area (Å²) in [4.78, 5) is 9.30. The van der Waals surface area contributed by atoms with E-state index in [1.807, 2.05) is 35.4 Å². The van der Waals surface area contributed by atoms with Gasteiger partial charge in [-0.25, -0.2) is 14.7 Å². The molecule has 2 aromatic heterocycles. The largest absolute Gasteiger partial charge is 0.357 e. The molecule has 2 aromatic carbocycles. The summed E-state index contributed by atoms with van der Waals surface area (Å²) in [5.74, 6) is 1.69. The molecule has 0 radical (unpaired) electrons. The molecular formula is C25H29N7. The first-order valence-corrected chi connectivity index (χ1v) is 10.9. The van der Waals surface area contributed by atoms with Crippen LogP contribution < -0.4 is 10.6 Å². The summed E-state index contributed by atoms with van der Waals surface area (Å²) < 4.78 is 4.00. The topological polar surface area (TPSA) is 72.1 Å². The lowest BCUT2D eigenvalue weighted by Gasteiger charge is -2.19. The van der Waals surface area contributed by atoms with E-state index in [0.29, 0.717) is 6.54 Å². The summed E-state index contributed by atoms with van der Waals surface area (Å²) >= 11 is 0. The fourth-order valence-electron chi connectivity index (χ4n) is 3.53. The van der Waals surface area contributed by atoms with Crippen LogP contribution in [0, 0.1) is 0 Å². The van der Waals surface area contributed by atoms with Crippen molar-refractivity contribution in [3.63, 3.8) is 0 Å². The highest BCUT2D eigenvalue weighted by molar-refractivity contribution is 5.80. The molecule has 0 bridgehead atoms. The quantitative estimate of drug-likeness (QED) is 0.330. The molecule has 4 aromatic rings. The van der Waals surface area contributed by atoms with Gasteiger partial charge in [0, 0.05) is 37.9 Å². The molecular weight excluding hydrogens is 398 g/mol. The molecule has 32 heavy (non-hydrogen) atoms. The van der Waals surface area contributed by atoms with Crippen LogP contribution in [0.25, 0.3) is 5.69 Å². The Bertz CT molecular complexity index is 1130. The van der Waals surface area contributed by atoms with Crippen molar-refractivity contribution in [1.29, 1.82) is 0 Å². The second kappa shape index (κ2) is 10.4. The number of aliphatic imine (C=N–C) groups is 1. The molecule has 4 rings (SSSR count). The highest BCUT2D eigenvalue weighted by Gasteiger charge is 2.10. The zero-order valence-electron chi connectivity index (χ0n) is 18.5. The van der Waals surface area contributed by atoms with Gasteiger partial charge in [-0.1, -0.05) is 42.5 Å². The summed E-state index contributed by atoms with van der Waals surface area (Å²) in [5.41, 5.74) is 3.44. The average molecular weight is 428 g/mol. The highest BCUT2D eigenvalue weighted by Crippen LogP contribution is 2.16. The van der Waals surface area contributed by atoms with Crippen LogP contribution in [0.3, 0.4) is 0 Å². The first-order valence-electron chi connectivity index (χ1n) is 10.9. The molecule has 1 unspecified atom stereocenters. The summed E-state index contributed by atoms with van der Waals surface area (Å²) in [7, 11) is 0. The molecule has 2 N–H and O–H groups in total. The van der Waals surface area contributed by atoms with Crippen LogP contribution in [0.2, 0.25) is 0 Å². The van der Waals surface area contributed by atoms with E-state index in [2.05, 4.69) is 87.7 Å². The van der Waals surface area contributed by atoms with Crippen LogP contribution in [0.4, 0.5) is 0 Å². The van der Waals surface area contributed by atoms with E-state index < -0.39 is 0 Å². The minimum Gasteiger partial charge on any atom is -0.357 e. The second-order valence-corrected chi connectivity index (χ2v) is 7.56. The van der Waals surface area contributed by atoms with Crippen molar-refractivity contribution in [2.45, 2.75) is 33.0 Å². The monoisotopic (exact) mass is 427 g/mol. The SMILES string of the molecule is CCNC(=NCc1nccn1Cc1ccccc1)NC(C)c1cccc(-n2cccn2)c1. The van der Waals surface area contributed by atoms with Crippen molar-refractivity contribution in [3.05, 3.63) is 102 Å². The second-order valence-electron chi connectivity index (χ2n) is 7.56. The molecule has 0 amide bonds. The molecule has 0 aliphatic heterocycles. The summed E-state index contributed by atoms with van der Waals surface area (Å²) in [6.07, 6.45) is 7.56. The lowest BCUT2D eigenvalue weighted by Crippen LogP contribution is -2.38. The van der Waals surface area contributed by atoms with Crippen LogP contribution in [-0.2, 0) is 13.1 Å². The predicted molar refractivity (Wildman–Crippen MR) is 128 cm³/mol. The van der Waals surface area contributed by atoms with Crippen LogP contribution in [0.5, 0.6) is 0 Å². The maximum Gasteiger partial charge on any atom is 0.192 e. The number of hydrogen-bond donors (Lipinski definition) is 2. The van der Waals surface area contributed by atoms with Gasteiger partial charge >= 0.3 is 0 Å². The number of rotatable bonds is 8. The van der Waals surface area contributed by atoms with Crippen LogP contribution in [0.15, 0.2) is 90.4 Å². The zero-order chi connectivity index (χ0) is 22.2. The van der Waals surface area contributed by atoms with Gasteiger partial charge in [-0.3, -0.25) is 0 Å². The molecule has 164 valence electrons. The molecule has 1 atom stereocenters. The van der Waals surface area contributed by atoms with E-state index in [0.717, 1.165) is 36.1 Å². The van der Waals surface area contributed by atoms with E-state index in [4.69, 9.17) is 4.99 Å². The Hall–Kier alpha value is -3.87. The van der Waals surface area contributed by atoms with Crippen LogP contribution in [-0.4, -0.2) is 31.8 Å². The minimum atomic E-state index is 0.0763. The highest BCUT2D eigenvalue weighted by atomic mass is 15.3. The number of aromatic nitrogens is 4. The van der Waals surface area contributed by atoms with Crippen molar-refractivity contribution in [3.8, 4) is 5.69 Å². The molecule has 7 heteroatoms. The van der Waals surface area contributed by atoms with Gasteiger partial charge in [0.05, 0.1) is 11.7 Å². The molecule has 7 nitrogen and oxygen atoms in total. The number of imidazole rings is 1. The van der Waals surface area contributed by atoms with Gasteiger partial charge < -0.3 is 15.2 Å². The number of nitrogens with zero attached hydrogens (tertiary/aromatic N) is 5. The number of hydrogen-bond acceptors (Lipinski definition) is 3. The van der Waals surface area contributed by atoms with Crippen molar-refractivity contribution in [2.24, 2.45) is 4.99 Å². The third kappa shape index (κ3) is 5.43. The maximum absolute atomic E-state index is 4.79. The smallest absolute Gasteiger partial charge is 0.192 e. The van der Waals surface area contributed by atoms with Gasteiger partial charge in [0.25, 0.3) is 0 Å². The van der Waals surface area contributed by atoms with Gasteiger partial charge in [-0.15, -0.1) is 0 Å². The Morgan fingerprint density at radius 2 is 1.91 bits per heavy atom. The Balaban J connectivity index is 1.45. The molecule has 0 aliphatic rings. The van der Waals surface area contributed by atoms with E-state index in [1.165, 1.54) is 5.56 Å². The van der Waals surface area contributed by atoms with Gasteiger partial charge in [0.15, 0.2) is 5.96 Å². The molecule has 0 saturated heterocycles. The molecule has 2 heterocycles. The van der Waals surface area contributed by atoms with Gasteiger partial charge in [-0.2, -0.15) is 5.10 Å². The molecule has 0 aliphatic carbocycles. The standard InChI is InChI=1S/C25H29N7/c1-3-26-25(28-18-24-27-14-16-31(24)19-21-9-5-4-6-10-21)30-20(2)22-11-7-12-23(17-22)32-15-8-13-29-32/h4-17,20H,3,18-19H2,1-2H3,(H2,26,28,30). The fourth-order valence-corrected chi connectivity index (χ4v) is 3.53. The Kier molecular flexibility index (Phi) is 6.97. The average Bonchev–Trinajstić information content (AvgIpc) is 3.51. The third-order valence-electron chi connectivity index (χ3n) is 5.21. The van der Waals surface area contributed by atoms with Crippen molar-refractivity contribution in [1.82, 2.24) is 30.0 Å². The van der Waals surface area contributed by atoms with Crippen molar-refractivity contribution in [2.75, 3.05) is 6.54 Å². The summed E-state index contributed by atoms with van der Waals surface area (Å²) in [6, 6.07) is 20.7. The Morgan fingerprint density at radius 1 is 1.03 bits per heavy atom. The zero-order valence-corrected chi connectivity index (χ0v) is 18.5. The van der Waals surface area contributed by atoms with Gasteiger partial charge in [0.2, 0.25) is 0 Å². The molecule has 0 saturated carbocycles. The maximum atomic E-state index is 4.79. The first-order chi connectivity index (χ1) is 15.7. The Morgan fingerprint density at radius 3 is 2.69 bits per heavy atom. The van der Waals surface area contributed by atoms with E-state index >= 15 is 0 Å². The third-order valence-corrected chi connectivity index (χ3v) is 5.21. The fraction of sp³-hybridized carbons (Fsp3) is 0.240. The normalized spacial score (nSPS) is 12.5. The number of nitrogens with one attached hydrogen (secondary N) is 2. The van der Waals surface area contributed by atoms with Gasteiger partial charge in [0.1, 0.15) is 12.4 Å². The van der Waals surface area contributed by atoms with Crippen molar-refractivity contribution >= 4 is 5.96 Å². The van der Waals surface area contributed by atoms with Crippen LogP contribution in [0.1, 0.15) is 36.8 Å². The van der Waals surface area contributed by atoms with Crippen LogP contribution >= 0.6 is 0 Å². The Labute approximate surface area is 188 Å². The minimum absolute atomic E-state index is 0.0763. The summed E-state index contributed by atoms with van der Waals surface area (Å²) in [6.45, 7) is 6.26. The lowest BCUT2D eigenvalue weighted by molar-refractivity contribution is 0.676.